The zero-order chi connectivity index (χ0) is 25.6. The number of rotatable bonds is 14. The van der Waals surface area contributed by atoms with E-state index in [9.17, 15) is 4.79 Å². The number of nitrogens with zero attached hydrogens (tertiary/aromatic N) is 3. The summed E-state index contributed by atoms with van der Waals surface area (Å²) >= 11 is 0. The normalized spacial score (nSPS) is 14.5. The smallest absolute Gasteiger partial charge is 0.320 e. The number of urea groups is 1. The molecule has 0 saturated carbocycles. The van der Waals surface area contributed by atoms with Crippen molar-refractivity contribution in [2.45, 2.75) is 84.7 Å². The van der Waals surface area contributed by atoms with E-state index < -0.39 is 0 Å². The fourth-order valence-electron chi connectivity index (χ4n) is 4.88. The van der Waals surface area contributed by atoms with Crippen molar-refractivity contribution in [1.82, 2.24) is 14.7 Å². The molecule has 198 valence electrons. The maximum atomic E-state index is 13.6. The molecule has 0 bridgehead atoms. The number of unbranched alkanes of at least 4 members (excludes halogenated alkanes) is 3. The van der Waals surface area contributed by atoms with Gasteiger partial charge in [0.2, 0.25) is 0 Å². The lowest BCUT2D eigenvalue weighted by atomic mass is 10.0. The van der Waals surface area contributed by atoms with E-state index in [0.29, 0.717) is 6.04 Å². The predicted molar refractivity (Wildman–Crippen MR) is 150 cm³/mol. The highest BCUT2D eigenvalue weighted by atomic mass is 16.5. The SMILES string of the molecule is CCCCN(CCCC)C(=O)N(CCCC)C1CCN(Cc2ccc(Oc3ccccc3)cc2)CC1. The molecule has 2 amide bonds. The summed E-state index contributed by atoms with van der Waals surface area (Å²) in [5, 5.41) is 0. The Bertz CT molecular complexity index is 855. The van der Waals surface area contributed by atoms with Crippen LogP contribution in [0.25, 0.3) is 0 Å². The number of hydrogen-bond acceptors (Lipinski definition) is 3. The second-order valence-corrected chi connectivity index (χ2v) is 10.1. The highest BCUT2D eigenvalue weighted by molar-refractivity contribution is 5.74. The van der Waals surface area contributed by atoms with Crippen LogP contribution in [0.15, 0.2) is 54.6 Å². The average Bonchev–Trinajstić information content (AvgIpc) is 2.91. The van der Waals surface area contributed by atoms with Gasteiger partial charge in [0.05, 0.1) is 0 Å². The van der Waals surface area contributed by atoms with Crippen LogP contribution < -0.4 is 4.74 Å². The lowest BCUT2D eigenvalue weighted by Gasteiger charge is -2.41. The van der Waals surface area contributed by atoms with Crippen LogP contribution in [0.1, 0.15) is 77.7 Å². The van der Waals surface area contributed by atoms with E-state index in [1.165, 1.54) is 5.56 Å². The number of carbonyl (C=O) groups is 1. The molecule has 1 fully saturated rings. The molecule has 0 radical (unpaired) electrons. The first kappa shape index (κ1) is 28.0. The molecular formula is C31H47N3O2. The van der Waals surface area contributed by atoms with Gasteiger partial charge in [0.1, 0.15) is 11.5 Å². The van der Waals surface area contributed by atoms with Gasteiger partial charge in [0.25, 0.3) is 0 Å². The lowest BCUT2D eigenvalue weighted by Crippen LogP contribution is -2.52. The molecule has 0 aliphatic carbocycles. The number of piperidine rings is 1. The molecule has 0 aromatic heterocycles. The van der Waals surface area contributed by atoms with Gasteiger partial charge < -0.3 is 14.5 Å². The molecule has 2 aromatic carbocycles. The summed E-state index contributed by atoms with van der Waals surface area (Å²) in [5.41, 5.74) is 1.30. The Kier molecular flexibility index (Phi) is 12.1. The largest absolute Gasteiger partial charge is 0.457 e. The molecule has 5 heteroatoms. The van der Waals surface area contributed by atoms with E-state index in [1.54, 1.807) is 0 Å². The maximum Gasteiger partial charge on any atom is 0.320 e. The van der Waals surface area contributed by atoms with Crippen molar-refractivity contribution in [3.8, 4) is 11.5 Å². The molecule has 1 aliphatic heterocycles. The number of hydrogen-bond donors (Lipinski definition) is 0. The van der Waals surface area contributed by atoms with Crippen LogP contribution in [-0.2, 0) is 6.54 Å². The quantitative estimate of drug-likeness (QED) is 0.272. The van der Waals surface area contributed by atoms with Crippen LogP contribution in [0.3, 0.4) is 0 Å². The minimum absolute atomic E-state index is 0.276. The topological polar surface area (TPSA) is 36.0 Å². The molecule has 5 nitrogen and oxygen atoms in total. The van der Waals surface area contributed by atoms with Crippen LogP contribution >= 0.6 is 0 Å². The van der Waals surface area contributed by atoms with Crippen molar-refractivity contribution in [3.05, 3.63) is 60.2 Å². The van der Waals surface area contributed by atoms with Crippen molar-refractivity contribution >= 4 is 6.03 Å². The van der Waals surface area contributed by atoms with Gasteiger partial charge in [0.15, 0.2) is 0 Å². The summed E-state index contributed by atoms with van der Waals surface area (Å²) in [6.07, 6.45) is 8.75. The standard InChI is InChI=1S/C31H47N3O2/c1-4-7-21-33(22-8-5-2)31(35)34(23-9-6-3)28-19-24-32(25-20-28)26-27-15-17-30(18-16-27)36-29-13-11-10-12-14-29/h10-18,28H,4-9,19-26H2,1-3H3. The zero-order valence-corrected chi connectivity index (χ0v) is 22.8. The third kappa shape index (κ3) is 8.85. The van der Waals surface area contributed by atoms with Crippen LogP contribution in [0, 0.1) is 0 Å². The van der Waals surface area contributed by atoms with Gasteiger partial charge in [-0.15, -0.1) is 0 Å². The van der Waals surface area contributed by atoms with Crippen LogP contribution in [0.4, 0.5) is 4.79 Å². The fraction of sp³-hybridized carbons (Fsp3) is 0.581. The van der Waals surface area contributed by atoms with Crippen molar-refractivity contribution in [1.29, 1.82) is 0 Å². The molecule has 2 aromatic rings. The number of ether oxygens (including phenoxy) is 1. The van der Waals surface area contributed by atoms with E-state index >= 15 is 0 Å². The summed E-state index contributed by atoms with van der Waals surface area (Å²) < 4.78 is 5.93. The van der Waals surface area contributed by atoms with Crippen molar-refractivity contribution < 1.29 is 9.53 Å². The first-order valence-corrected chi connectivity index (χ1v) is 14.2. The van der Waals surface area contributed by atoms with E-state index in [0.717, 1.165) is 102 Å². The van der Waals surface area contributed by atoms with Crippen molar-refractivity contribution in [3.63, 3.8) is 0 Å². The third-order valence-corrected chi connectivity index (χ3v) is 7.14. The average molecular weight is 494 g/mol. The first-order valence-electron chi connectivity index (χ1n) is 14.2. The van der Waals surface area contributed by atoms with E-state index in [4.69, 9.17) is 4.74 Å². The minimum atomic E-state index is 0.276. The molecule has 36 heavy (non-hydrogen) atoms. The maximum absolute atomic E-state index is 13.6. The molecule has 1 heterocycles. The van der Waals surface area contributed by atoms with E-state index in [-0.39, 0.29) is 6.03 Å². The Hall–Kier alpha value is -2.53. The number of para-hydroxylation sites is 1. The number of likely N-dealkylation sites (tertiary alicyclic amines) is 1. The van der Waals surface area contributed by atoms with Gasteiger partial charge >= 0.3 is 6.03 Å². The first-order chi connectivity index (χ1) is 17.6. The Morgan fingerprint density at radius 2 is 1.36 bits per heavy atom. The third-order valence-electron chi connectivity index (χ3n) is 7.14. The van der Waals surface area contributed by atoms with E-state index in [2.05, 4.69) is 59.7 Å². The minimum Gasteiger partial charge on any atom is -0.457 e. The van der Waals surface area contributed by atoms with Crippen LogP contribution in [-0.4, -0.2) is 59.5 Å². The summed E-state index contributed by atoms with van der Waals surface area (Å²) in [6, 6.07) is 19.0. The summed E-state index contributed by atoms with van der Waals surface area (Å²) in [6.45, 7) is 12.3. The van der Waals surface area contributed by atoms with Gasteiger partial charge in [-0.05, 0) is 61.9 Å². The number of benzene rings is 2. The molecule has 0 spiro atoms. The predicted octanol–water partition coefficient (Wildman–Crippen LogP) is 7.57. The molecule has 0 unspecified atom stereocenters. The van der Waals surface area contributed by atoms with Gasteiger partial charge in [-0.3, -0.25) is 4.90 Å². The van der Waals surface area contributed by atoms with Crippen LogP contribution in [0.2, 0.25) is 0 Å². The summed E-state index contributed by atoms with van der Waals surface area (Å²) in [5.74, 6) is 1.72. The van der Waals surface area contributed by atoms with Gasteiger partial charge in [-0.25, -0.2) is 4.79 Å². The van der Waals surface area contributed by atoms with E-state index in [1.807, 2.05) is 30.3 Å². The fourth-order valence-corrected chi connectivity index (χ4v) is 4.88. The Morgan fingerprint density at radius 1 is 0.806 bits per heavy atom. The Balaban J connectivity index is 1.54. The molecule has 3 rings (SSSR count). The highest BCUT2D eigenvalue weighted by Crippen LogP contribution is 2.24. The monoisotopic (exact) mass is 493 g/mol. The second-order valence-electron chi connectivity index (χ2n) is 10.1. The molecule has 0 atom stereocenters. The van der Waals surface area contributed by atoms with Crippen LogP contribution in [0.5, 0.6) is 11.5 Å². The molecular weight excluding hydrogens is 446 g/mol. The molecule has 0 N–H and O–H groups in total. The highest BCUT2D eigenvalue weighted by Gasteiger charge is 2.30. The Labute approximate surface area is 219 Å². The summed E-state index contributed by atoms with van der Waals surface area (Å²) in [4.78, 5) is 20.5. The van der Waals surface area contributed by atoms with Gasteiger partial charge in [-0.1, -0.05) is 70.4 Å². The molecule has 1 saturated heterocycles. The molecule has 1 aliphatic rings. The number of amides is 2. The lowest BCUT2D eigenvalue weighted by molar-refractivity contribution is 0.0937. The van der Waals surface area contributed by atoms with Crippen molar-refractivity contribution in [2.24, 2.45) is 0 Å². The number of carbonyl (C=O) groups excluding carboxylic acids is 1. The summed E-state index contributed by atoms with van der Waals surface area (Å²) in [7, 11) is 0. The van der Waals surface area contributed by atoms with Gasteiger partial charge in [0, 0.05) is 45.3 Å². The van der Waals surface area contributed by atoms with Gasteiger partial charge in [-0.2, -0.15) is 0 Å². The zero-order valence-electron chi connectivity index (χ0n) is 22.8. The van der Waals surface area contributed by atoms with Crippen molar-refractivity contribution in [2.75, 3.05) is 32.7 Å². The Morgan fingerprint density at radius 3 is 1.94 bits per heavy atom. The second kappa shape index (κ2) is 15.6.